The minimum Gasteiger partial charge on any atom is -0.310 e. The van der Waals surface area contributed by atoms with Crippen LogP contribution in [-0.4, -0.2) is 6.54 Å². The molecule has 1 aromatic rings. The lowest BCUT2D eigenvalue weighted by Crippen LogP contribution is -2.21. The summed E-state index contributed by atoms with van der Waals surface area (Å²) in [6.45, 7) is 2.98. The van der Waals surface area contributed by atoms with Crippen molar-refractivity contribution >= 4 is 27.5 Å². The molecule has 1 nitrogen and oxygen atoms in total. The zero-order chi connectivity index (χ0) is 12.0. The Morgan fingerprint density at radius 1 is 1.56 bits per heavy atom. The monoisotopic (exact) mass is 299 g/mol. The third-order valence-electron chi connectivity index (χ3n) is 2.36. The number of hydrogen-bond donors (Lipinski definition) is 1. The van der Waals surface area contributed by atoms with Crippen molar-refractivity contribution in [1.29, 1.82) is 0 Å². The highest BCUT2D eigenvalue weighted by molar-refractivity contribution is 9.10. The van der Waals surface area contributed by atoms with Crippen LogP contribution >= 0.6 is 27.5 Å². The number of terminal acetylenes is 1. The molecule has 0 heterocycles. The molecule has 0 aliphatic rings. The molecule has 1 rings (SSSR count). The highest BCUT2D eigenvalue weighted by Gasteiger charge is 2.13. The average Bonchev–Trinajstić information content (AvgIpc) is 2.28. The number of nitrogens with one attached hydrogen (secondary N) is 1. The first-order valence-corrected chi connectivity index (χ1v) is 6.48. The van der Waals surface area contributed by atoms with Gasteiger partial charge in [-0.2, -0.15) is 0 Å². The van der Waals surface area contributed by atoms with Gasteiger partial charge in [0.05, 0.1) is 0 Å². The van der Waals surface area contributed by atoms with Gasteiger partial charge in [-0.3, -0.25) is 0 Å². The van der Waals surface area contributed by atoms with E-state index in [-0.39, 0.29) is 6.04 Å². The molecule has 0 amide bonds. The number of hydrogen-bond acceptors (Lipinski definition) is 1. The summed E-state index contributed by atoms with van der Waals surface area (Å²) < 4.78 is 1.04. The first kappa shape index (κ1) is 13.6. The zero-order valence-corrected chi connectivity index (χ0v) is 11.6. The molecule has 16 heavy (non-hydrogen) atoms. The molecule has 3 heteroatoms. The first-order valence-electron chi connectivity index (χ1n) is 5.30. The van der Waals surface area contributed by atoms with E-state index < -0.39 is 0 Å². The minimum atomic E-state index is 0.228. The molecule has 0 saturated heterocycles. The quantitative estimate of drug-likeness (QED) is 0.805. The second-order valence-corrected chi connectivity index (χ2v) is 4.84. The van der Waals surface area contributed by atoms with Crippen LogP contribution in [0.5, 0.6) is 0 Å². The van der Waals surface area contributed by atoms with E-state index in [1.807, 2.05) is 18.2 Å². The van der Waals surface area contributed by atoms with E-state index in [0.29, 0.717) is 0 Å². The summed E-state index contributed by atoms with van der Waals surface area (Å²) in [5, 5.41) is 4.18. The van der Waals surface area contributed by atoms with Crippen molar-refractivity contribution in [2.24, 2.45) is 0 Å². The maximum absolute atomic E-state index is 6.19. The van der Waals surface area contributed by atoms with E-state index in [9.17, 15) is 0 Å². The molecule has 0 fully saturated rings. The van der Waals surface area contributed by atoms with Crippen molar-refractivity contribution in [2.75, 3.05) is 6.54 Å². The maximum Gasteiger partial charge on any atom is 0.0454 e. The lowest BCUT2D eigenvalue weighted by molar-refractivity contribution is 0.522. The fourth-order valence-electron chi connectivity index (χ4n) is 1.62. The lowest BCUT2D eigenvalue weighted by atomic mass is 10.0. The summed E-state index contributed by atoms with van der Waals surface area (Å²) in [4.78, 5) is 0. The van der Waals surface area contributed by atoms with Gasteiger partial charge in [-0.05, 0) is 36.7 Å². The molecule has 1 aromatic carbocycles. The Balaban J connectivity index is 2.91. The van der Waals surface area contributed by atoms with E-state index >= 15 is 0 Å². The summed E-state index contributed by atoms with van der Waals surface area (Å²) in [6.07, 6.45) is 6.95. The molecule has 1 atom stereocenters. The molecule has 0 aromatic heterocycles. The van der Waals surface area contributed by atoms with E-state index in [4.69, 9.17) is 18.0 Å². The van der Waals surface area contributed by atoms with Gasteiger partial charge in [0.25, 0.3) is 0 Å². The highest BCUT2D eigenvalue weighted by atomic mass is 79.9. The molecule has 0 bridgehead atoms. The summed E-state index contributed by atoms with van der Waals surface area (Å²) >= 11 is 9.65. The van der Waals surface area contributed by atoms with Crippen LogP contribution < -0.4 is 5.32 Å². The van der Waals surface area contributed by atoms with Crippen LogP contribution in [0.4, 0.5) is 0 Å². The fraction of sp³-hybridized carbons (Fsp3) is 0.385. The van der Waals surface area contributed by atoms with Crippen molar-refractivity contribution in [3.05, 3.63) is 33.3 Å². The number of halogens is 2. The normalized spacial score (nSPS) is 12.1. The van der Waals surface area contributed by atoms with Gasteiger partial charge in [0.1, 0.15) is 0 Å². The Hall–Kier alpha value is -0.490. The van der Waals surface area contributed by atoms with Gasteiger partial charge in [0.15, 0.2) is 0 Å². The predicted molar refractivity (Wildman–Crippen MR) is 73.6 cm³/mol. The Bertz CT molecular complexity index is 384. The van der Waals surface area contributed by atoms with Crippen molar-refractivity contribution < 1.29 is 0 Å². The van der Waals surface area contributed by atoms with E-state index in [0.717, 1.165) is 34.4 Å². The van der Waals surface area contributed by atoms with Crippen molar-refractivity contribution in [3.63, 3.8) is 0 Å². The summed E-state index contributed by atoms with van der Waals surface area (Å²) in [5.41, 5.74) is 1.10. The average molecular weight is 301 g/mol. The van der Waals surface area contributed by atoms with E-state index in [2.05, 4.69) is 34.1 Å². The molecule has 0 radical (unpaired) electrons. The highest BCUT2D eigenvalue weighted by Crippen LogP contribution is 2.28. The summed E-state index contributed by atoms with van der Waals surface area (Å²) in [6, 6.07) is 6.12. The van der Waals surface area contributed by atoms with Crippen LogP contribution in [0.2, 0.25) is 5.02 Å². The van der Waals surface area contributed by atoms with Crippen LogP contribution in [0.15, 0.2) is 22.7 Å². The van der Waals surface area contributed by atoms with Gasteiger partial charge in [0, 0.05) is 22.0 Å². The Morgan fingerprint density at radius 2 is 2.31 bits per heavy atom. The molecule has 0 aliphatic heterocycles. The second kappa shape index (κ2) is 6.96. The van der Waals surface area contributed by atoms with Gasteiger partial charge in [-0.1, -0.05) is 34.5 Å². The third kappa shape index (κ3) is 3.83. The van der Waals surface area contributed by atoms with Crippen LogP contribution in [0.3, 0.4) is 0 Å². The van der Waals surface area contributed by atoms with Crippen LogP contribution in [0.1, 0.15) is 31.4 Å². The Morgan fingerprint density at radius 3 is 2.94 bits per heavy atom. The smallest absolute Gasteiger partial charge is 0.0454 e. The van der Waals surface area contributed by atoms with Crippen molar-refractivity contribution in [2.45, 2.75) is 25.8 Å². The van der Waals surface area contributed by atoms with Crippen LogP contribution in [0, 0.1) is 12.3 Å². The minimum absolute atomic E-state index is 0.228. The molecule has 1 N–H and O–H groups in total. The van der Waals surface area contributed by atoms with E-state index in [1.54, 1.807) is 0 Å². The lowest BCUT2D eigenvalue weighted by Gasteiger charge is -2.18. The largest absolute Gasteiger partial charge is 0.310 e. The first-order chi connectivity index (χ1) is 7.69. The molecular weight excluding hydrogens is 286 g/mol. The van der Waals surface area contributed by atoms with Crippen molar-refractivity contribution in [1.82, 2.24) is 5.32 Å². The summed E-state index contributed by atoms with van der Waals surface area (Å²) in [7, 11) is 0. The molecule has 1 unspecified atom stereocenters. The van der Waals surface area contributed by atoms with Gasteiger partial charge in [-0.15, -0.1) is 12.3 Å². The Labute approximate surface area is 111 Å². The van der Waals surface area contributed by atoms with Crippen molar-refractivity contribution in [3.8, 4) is 12.3 Å². The molecule has 0 spiro atoms. The number of benzene rings is 1. The van der Waals surface area contributed by atoms with E-state index in [1.165, 1.54) is 0 Å². The van der Waals surface area contributed by atoms with Gasteiger partial charge in [-0.25, -0.2) is 0 Å². The SMILES string of the molecule is C#CCCC(NCC)c1cc(Br)ccc1Cl. The fourth-order valence-corrected chi connectivity index (χ4v) is 2.25. The topological polar surface area (TPSA) is 12.0 Å². The van der Waals surface area contributed by atoms with Crippen LogP contribution in [-0.2, 0) is 0 Å². The molecule has 0 saturated carbocycles. The van der Waals surface area contributed by atoms with Gasteiger partial charge >= 0.3 is 0 Å². The second-order valence-electron chi connectivity index (χ2n) is 3.52. The third-order valence-corrected chi connectivity index (χ3v) is 3.20. The molecular formula is C13H15BrClN. The standard InChI is InChI=1S/C13H15BrClN/c1-3-5-6-13(16-4-2)11-9-10(14)7-8-12(11)15/h1,7-9,13,16H,4-6H2,2H3. The van der Waals surface area contributed by atoms with Gasteiger partial charge in [0.2, 0.25) is 0 Å². The zero-order valence-electron chi connectivity index (χ0n) is 9.26. The molecule has 0 aliphatic carbocycles. The van der Waals surface area contributed by atoms with Gasteiger partial charge < -0.3 is 5.32 Å². The van der Waals surface area contributed by atoms with Crippen LogP contribution in [0.25, 0.3) is 0 Å². The molecule has 86 valence electrons. The predicted octanol–water partition coefficient (Wildman–Crippen LogP) is 4.17. The number of rotatable bonds is 5. The Kier molecular flexibility index (Phi) is 5.90. The maximum atomic E-state index is 6.19. The summed E-state index contributed by atoms with van der Waals surface area (Å²) in [5.74, 6) is 2.67.